The molecule has 4 heteroatoms. The van der Waals surface area contributed by atoms with Crippen molar-refractivity contribution in [2.75, 3.05) is 13.7 Å². The zero-order valence-electron chi connectivity index (χ0n) is 7.90. The van der Waals surface area contributed by atoms with Crippen molar-refractivity contribution in [1.82, 2.24) is 0 Å². The van der Waals surface area contributed by atoms with Gasteiger partial charge in [-0.1, -0.05) is 17.7 Å². The summed E-state index contributed by atoms with van der Waals surface area (Å²) in [5, 5.41) is 18.9. The van der Waals surface area contributed by atoms with Crippen molar-refractivity contribution < 1.29 is 14.9 Å². The lowest BCUT2D eigenvalue weighted by Crippen LogP contribution is -2.02. The largest absolute Gasteiger partial charge is 0.496 e. The van der Waals surface area contributed by atoms with E-state index in [0.29, 0.717) is 16.3 Å². The first-order chi connectivity index (χ1) is 6.69. The zero-order chi connectivity index (χ0) is 10.6. The summed E-state index contributed by atoms with van der Waals surface area (Å²) >= 11 is 5.77. The summed E-state index contributed by atoms with van der Waals surface area (Å²) in [7, 11) is 1.51. The van der Waals surface area contributed by atoms with Gasteiger partial charge in [0, 0.05) is 23.6 Å². The van der Waals surface area contributed by atoms with Gasteiger partial charge in [-0.05, 0) is 12.1 Å². The molecule has 78 valence electrons. The van der Waals surface area contributed by atoms with Gasteiger partial charge in [0.25, 0.3) is 0 Å². The summed E-state index contributed by atoms with van der Waals surface area (Å²) in [6.07, 6.45) is -0.426. The molecule has 3 nitrogen and oxygen atoms in total. The van der Waals surface area contributed by atoms with Crippen molar-refractivity contribution in [3.05, 3.63) is 28.8 Å². The second-order valence-electron chi connectivity index (χ2n) is 2.91. The highest BCUT2D eigenvalue weighted by Gasteiger charge is 2.12. The number of rotatable bonds is 4. The topological polar surface area (TPSA) is 49.7 Å². The number of aliphatic hydroxyl groups excluding tert-OH is 2. The minimum Gasteiger partial charge on any atom is -0.496 e. The van der Waals surface area contributed by atoms with E-state index in [-0.39, 0.29) is 13.0 Å². The van der Waals surface area contributed by atoms with E-state index in [1.165, 1.54) is 7.11 Å². The first-order valence-corrected chi connectivity index (χ1v) is 4.69. The summed E-state index contributed by atoms with van der Waals surface area (Å²) in [5.74, 6) is 0.540. The van der Waals surface area contributed by atoms with Crippen molar-refractivity contribution >= 4 is 11.6 Å². The van der Waals surface area contributed by atoms with Crippen LogP contribution in [0.15, 0.2) is 18.2 Å². The number of ether oxygens (including phenoxy) is 1. The molecule has 0 fully saturated rings. The molecule has 0 bridgehead atoms. The molecule has 0 amide bonds. The van der Waals surface area contributed by atoms with Crippen molar-refractivity contribution in [2.45, 2.75) is 12.5 Å². The molecule has 0 aliphatic carbocycles. The van der Waals surface area contributed by atoms with E-state index in [0.717, 1.165) is 0 Å². The zero-order valence-corrected chi connectivity index (χ0v) is 8.66. The summed E-state index contributed by atoms with van der Waals surface area (Å²) in [6.45, 7) is -0.0626. The lowest BCUT2D eigenvalue weighted by molar-refractivity contribution is 0.131. The molecular weight excluding hydrogens is 204 g/mol. The molecule has 0 radical (unpaired) electrons. The molecular formula is C10H13ClO3. The predicted octanol–water partition coefficient (Wildman–Crippen LogP) is 1.76. The fourth-order valence-corrected chi connectivity index (χ4v) is 1.40. The van der Waals surface area contributed by atoms with Crippen molar-refractivity contribution in [3.8, 4) is 5.75 Å². The van der Waals surface area contributed by atoms with Gasteiger partial charge in [-0.2, -0.15) is 0 Å². The molecule has 0 heterocycles. The average molecular weight is 217 g/mol. The molecule has 1 rings (SSSR count). The lowest BCUT2D eigenvalue weighted by Gasteiger charge is -2.13. The summed E-state index contributed by atoms with van der Waals surface area (Å²) in [5.41, 5.74) is 0.644. The van der Waals surface area contributed by atoms with Crippen molar-refractivity contribution in [1.29, 1.82) is 0 Å². The Morgan fingerprint density at radius 3 is 2.79 bits per heavy atom. The van der Waals surface area contributed by atoms with Crippen LogP contribution in [-0.2, 0) is 0 Å². The molecule has 0 spiro atoms. The number of benzene rings is 1. The van der Waals surface area contributed by atoms with Crippen LogP contribution >= 0.6 is 11.6 Å². The van der Waals surface area contributed by atoms with Gasteiger partial charge in [0.05, 0.1) is 13.2 Å². The van der Waals surface area contributed by atoms with Crippen LogP contribution in [0.3, 0.4) is 0 Å². The van der Waals surface area contributed by atoms with Gasteiger partial charge >= 0.3 is 0 Å². The van der Waals surface area contributed by atoms with Crippen LogP contribution in [0, 0.1) is 0 Å². The molecule has 0 aliphatic rings. The van der Waals surface area contributed by atoms with Crippen molar-refractivity contribution in [3.63, 3.8) is 0 Å². The average Bonchev–Trinajstić information content (AvgIpc) is 2.17. The maximum absolute atomic E-state index is 9.64. The number of hydrogen-bond acceptors (Lipinski definition) is 3. The molecule has 0 saturated carbocycles. The van der Waals surface area contributed by atoms with Gasteiger partial charge in [-0.15, -0.1) is 0 Å². The van der Waals surface area contributed by atoms with E-state index in [1.54, 1.807) is 18.2 Å². The maximum Gasteiger partial charge on any atom is 0.126 e. The quantitative estimate of drug-likeness (QED) is 0.807. The van der Waals surface area contributed by atoms with Crippen LogP contribution in [0.1, 0.15) is 18.1 Å². The van der Waals surface area contributed by atoms with Gasteiger partial charge in [0.15, 0.2) is 0 Å². The van der Waals surface area contributed by atoms with Crippen LogP contribution in [-0.4, -0.2) is 23.9 Å². The Hall–Kier alpha value is -0.770. The molecule has 1 aromatic carbocycles. The lowest BCUT2D eigenvalue weighted by atomic mass is 10.1. The molecule has 0 saturated heterocycles. The number of methoxy groups -OCH3 is 1. The Morgan fingerprint density at radius 1 is 1.50 bits per heavy atom. The van der Waals surface area contributed by atoms with Gasteiger partial charge in [-0.25, -0.2) is 0 Å². The van der Waals surface area contributed by atoms with E-state index in [9.17, 15) is 5.11 Å². The Balaban J connectivity index is 2.95. The maximum atomic E-state index is 9.64. The highest BCUT2D eigenvalue weighted by atomic mass is 35.5. The second-order valence-corrected chi connectivity index (χ2v) is 3.35. The van der Waals surface area contributed by atoms with E-state index in [4.69, 9.17) is 21.4 Å². The van der Waals surface area contributed by atoms with E-state index in [1.807, 2.05) is 0 Å². The minimum atomic E-state index is -0.716. The summed E-state index contributed by atoms with van der Waals surface area (Å²) < 4.78 is 5.07. The number of hydrogen-bond donors (Lipinski definition) is 2. The number of halogens is 1. The van der Waals surface area contributed by atoms with Crippen LogP contribution in [0.5, 0.6) is 5.75 Å². The molecule has 0 aromatic heterocycles. The third-order valence-corrected chi connectivity index (χ3v) is 2.19. The first kappa shape index (κ1) is 11.3. The van der Waals surface area contributed by atoms with E-state index >= 15 is 0 Å². The van der Waals surface area contributed by atoms with Crippen LogP contribution < -0.4 is 4.74 Å². The SMILES string of the molecule is COc1cc(Cl)ccc1C(O)CCO. The standard InChI is InChI=1S/C10H13ClO3/c1-14-10-6-7(11)2-3-8(10)9(13)4-5-12/h2-3,6,9,12-13H,4-5H2,1H3. The normalized spacial score (nSPS) is 12.6. The highest BCUT2D eigenvalue weighted by molar-refractivity contribution is 6.30. The van der Waals surface area contributed by atoms with Crippen LogP contribution in [0.2, 0.25) is 5.02 Å². The molecule has 2 N–H and O–H groups in total. The highest BCUT2D eigenvalue weighted by Crippen LogP contribution is 2.29. The molecule has 14 heavy (non-hydrogen) atoms. The van der Waals surface area contributed by atoms with Crippen LogP contribution in [0.4, 0.5) is 0 Å². The Kier molecular flexibility index (Phi) is 4.20. The summed E-state index contributed by atoms with van der Waals surface area (Å²) in [4.78, 5) is 0. The molecule has 1 atom stereocenters. The Bertz CT molecular complexity index is 301. The summed E-state index contributed by atoms with van der Waals surface area (Å²) in [6, 6.07) is 5.01. The Labute approximate surface area is 87.9 Å². The van der Waals surface area contributed by atoms with Gasteiger partial charge in [0.2, 0.25) is 0 Å². The van der Waals surface area contributed by atoms with Crippen LogP contribution in [0.25, 0.3) is 0 Å². The minimum absolute atomic E-state index is 0.0626. The van der Waals surface area contributed by atoms with Crippen molar-refractivity contribution in [2.24, 2.45) is 0 Å². The second kappa shape index (κ2) is 5.20. The first-order valence-electron chi connectivity index (χ1n) is 4.31. The van der Waals surface area contributed by atoms with Gasteiger partial charge < -0.3 is 14.9 Å². The molecule has 1 unspecified atom stereocenters. The predicted molar refractivity (Wildman–Crippen MR) is 54.7 cm³/mol. The fraction of sp³-hybridized carbons (Fsp3) is 0.400. The molecule has 1 aromatic rings. The monoisotopic (exact) mass is 216 g/mol. The Morgan fingerprint density at radius 2 is 2.21 bits per heavy atom. The third kappa shape index (κ3) is 2.61. The molecule has 0 aliphatic heterocycles. The third-order valence-electron chi connectivity index (χ3n) is 1.96. The number of aliphatic hydroxyl groups is 2. The van der Waals surface area contributed by atoms with Gasteiger partial charge in [-0.3, -0.25) is 0 Å². The van der Waals surface area contributed by atoms with E-state index in [2.05, 4.69) is 0 Å². The smallest absolute Gasteiger partial charge is 0.126 e. The van der Waals surface area contributed by atoms with Gasteiger partial charge in [0.1, 0.15) is 5.75 Å². The van der Waals surface area contributed by atoms with E-state index < -0.39 is 6.10 Å². The fourth-order valence-electron chi connectivity index (χ4n) is 1.24.